The number of hydrogen-bond donors (Lipinski definition) is 2. The largest absolute Gasteiger partial charge is 0.384 e. The Morgan fingerprint density at radius 1 is 0.806 bits per heavy atom. The molecule has 0 aliphatic carbocycles. The van der Waals surface area contributed by atoms with Gasteiger partial charge in [0.1, 0.15) is 11.3 Å². The molecule has 0 aliphatic rings. The Morgan fingerprint density at radius 2 is 1.61 bits per heavy atom. The van der Waals surface area contributed by atoms with Crippen molar-refractivity contribution in [3.05, 3.63) is 95.6 Å². The van der Waals surface area contributed by atoms with Crippen molar-refractivity contribution in [2.24, 2.45) is 0 Å². The van der Waals surface area contributed by atoms with Gasteiger partial charge in [-0.15, -0.1) is 5.10 Å². The maximum Gasteiger partial charge on any atom is 0.203 e. The Bertz CT molecular complexity index is 1310. The van der Waals surface area contributed by atoms with Crippen LogP contribution >= 0.6 is 0 Å². The number of unbranched alkanes of at least 4 members (excludes halogenated alkanes) is 1. The van der Waals surface area contributed by atoms with E-state index in [1.165, 1.54) is 21.9 Å². The number of pyridine rings is 1. The van der Waals surface area contributed by atoms with Crippen LogP contribution in [0.1, 0.15) is 41.9 Å². The van der Waals surface area contributed by atoms with Crippen LogP contribution in [0, 0.1) is 0 Å². The number of nitrogens with one attached hydrogen (secondary N) is 1. The highest BCUT2D eigenvalue weighted by molar-refractivity contribution is 5.83. The fraction of sp³-hybridized carbons (Fsp3) is 0.192. The van der Waals surface area contributed by atoms with E-state index in [1.54, 1.807) is 0 Å². The van der Waals surface area contributed by atoms with Crippen LogP contribution in [0.2, 0.25) is 0 Å². The fourth-order valence-corrected chi connectivity index (χ4v) is 4.40. The van der Waals surface area contributed by atoms with Gasteiger partial charge in [0, 0.05) is 5.92 Å². The molecule has 3 N–H and O–H groups in total. The van der Waals surface area contributed by atoms with Gasteiger partial charge in [-0.1, -0.05) is 79.2 Å². The second-order valence-electron chi connectivity index (χ2n) is 8.02. The molecule has 2 heterocycles. The molecule has 0 aliphatic heterocycles. The van der Waals surface area contributed by atoms with Gasteiger partial charge in [0.05, 0.1) is 0 Å². The number of hydrogen-bond acceptors (Lipinski definition) is 4. The maximum atomic E-state index is 6.08. The summed E-state index contributed by atoms with van der Waals surface area (Å²) < 4.78 is 0. The van der Waals surface area contributed by atoms with Gasteiger partial charge in [-0.3, -0.25) is 0 Å². The second-order valence-corrected chi connectivity index (χ2v) is 8.02. The molecule has 0 amide bonds. The van der Waals surface area contributed by atoms with Crippen LogP contribution in [0.15, 0.2) is 78.9 Å². The summed E-state index contributed by atoms with van der Waals surface area (Å²) in [5.74, 6) is 0.684. The zero-order valence-electron chi connectivity index (χ0n) is 17.3. The number of rotatable bonds is 7. The van der Waals surface area contributed by atoms with Crippen LogP contribution in [0.5, 0.6) is 0 Å². The number of nitrogens with zero attached hydrogens (tertiary/aromatic N) is 3. The van der Waals surface area contributed by atoms with Crippen LogP contribution in [0.4, 0.5) is 5.82 Å². The zero-order valence-corrected chi connectivity index (χ0v) is 17.3. The fourth-order valence-electron chi connectivity index (χ4n) is 4.40. The van der Waals surface area contributed by atoms with Crippen LogP contribution < -0.4 is 5.73 Å². The third-order valence-electron chi connectivity index (χ3n) is 5.94. The van der Waals surface area contributed by atoms with E-state index in [-0.39, 0.29) is 5.92 Å². The Kier molecular flexibility index (Phi) is 5.31. The van der Waals surface area contributed by atoms with Crippen molar-refractivity contribution in [1.29, 1.82) is 0 Å². The minimum atomic E-state index is 0.204. The lowest BCUT2D eigenvalue weighted by molar-refractivity contribution is 0.628. The van der Waals surface area contributed by atoms with E-state index in [1.807, 2.05) is 12.1 Å². The van der Waals surface area contributed by atoms with Crippen molar-refractivity contribution in [3.8, 4) is 0 Å². The average molecular weight is 408 g/mol. The van der Waals surface area contributed by atoms with Crippen LogP contribution in [-0.4, -0.2) is 20.4 Å². The molecule has 5 aromatic rings. The third kappa shape index (κ3) is 4.12. The van der Waals surface area contributed by atoms with Crippen LogP contribution in [0.3, 0.4) is 0 Å². The lowest BCUT2D eigenvalue weighted by atomic mass is 9.86. The predicted molar refractivity (Wildman–Crippen MR) is 126 cm³/mol. The number of anilines is 1. The molecular weight excluding hydrogens is 382 g/mol. The molecule has 0 bridgehead atoms. The minimum absolute atomic E-state index is 0.204. The van der Waals surface area contributed by atoms with Gasteiger partial charge in [0.2, 0.25) is 5.65 Å². The number of benzene rings is 3. The number of nitrogens with two attached hydrogens (primary N) is 1. The summed E-state index contributed by atoms with van der Waals surface area (Å²) in [6.45, 7) is 0. The molecular formula is C26H25N5. The molecule has 5 heteroatoms. The molecule has 5 rings (SSSR count). The Balaban J connectivity index is 1.35. The summed E-state index contributed by atoms with van der Waals surface area (Å²) in [5.41, 5.74) is 11.2. The molecule has 0 fully saturated rings. The van der Waals surface area contributed by atoms with Crippen molar-refractivity contribution in [1.82, 2.24) is 20.4 Å². The average Bonchev–Trinajstić information content (AvgIpc) is 3.28. The monoisotopic (exact) mass is 407 g/mol. The molecule has 5 nitrogen and oxygen atoms in total. The summed E-state index contributed by atoms with van der Waals surface area (Å²) >= 11 is 0. The first-order valence-electron chi connectivity index (χ1n) is 10.8. The van der Waals surface area contributed by atoms with E-state index in [4.69, 9.17) is 5.73 Å². The number of aromatic amines is 1. The molecule has 0 saturated heterocycles. The van der Waals surface area contributed by atoms with Crippen molar-refractivity contribution in [3.63, 3.8) is 0 Å². The first-order valence-corrected chi connectivity index (χ1v) is 10.8. The van der Waals surface area contributed by atoms with Gasteiger partial charge >= 0.3 is 0 Å². The van der Waals surface area contributed by atoms with Gasteiger partial charge in [0.15, 0.2) is 0 Å². The van der Waals surface area contributed by atoms with E-state index in [2.05, 4.69) is 87.1 Å². The van der Waals surface area contributed by atoms with Crippen molar-refractivity contribution in [2.75, 3.05) is 5.73 Å². The van der Waals surface area contributed by atoms with Crippen LogP contribution in [-0.2, 0) is 6.42 Å². The highest BCUT2D eigenvalue weighted by atomic mass is 15.3. The first kappa shape index (κ1) is 19.2. The van der Waals surface area contributed by atoms with Crippen molar-refractivity contribution < 1.29 is 0 Å². The van der Waals surface area contributed by atoms with Gasteiger partial charge in [-0.05, 0) is 52.8 Å². The number of aryl methyl sites for hydroxylation is 1. The molecule has 0 radical (unpaired) electrons. The summed E-state index contributed by atoms with van der Waals surface area (Å²) in [5, 5.41) is 13.8. The van der Waals surface area contributed by atoms with Crippen LogP contribution in [0.25, 0.3) is 21.9 Å². The lowest BCUT2D eigenvalue weighted by Crippen LogP contribution is -2.05. The first-order chi connectivity index (χ1) is 15.3. The van der Waals surface area contributed by atoms with E-state index < -0.39 is 0 Å². The molecule has 1 unspecified atom stereocenters. The van der Waals surface area contributed by atoms with E-state index >= 15 is 0 Å². The predicted octanol–water partition coefficient (Wildman–Crippen LogP) is 5.63. The lowest BCUT2D eigenvalue weighted by Gasteiger charge is -2.18. The highest BCUT2D eigenvalue weighted by Crippen LogP contribution is 2.34. The number of aromatic nitrogens is 4. The maximum absolute atomic E-state index is 6.08. The summed E-state index contributed by atoms with van der Waals surface area (Å²) in [6, 6.07) is 27.8. The number of nitrogen functional groups attached to an aromatic ring is 1. The van der Waals surface area contributed by atoms with E-state index in [0.717, 1.165) is 36.8 Å². The minimum Gasteiger partial charge on any atom is -0.384 e. The summed E-state index contributed by atoms with van der Waals surface area (Å²) in [7, 11) is 0. The molecule has 2 aromatic heterocycles. The third-order valence-corrected chi connectivity index (χ3v) is 5.94. The topological polar surface area (TPSA) is 80.5 Å². The van der Waals surface area contributed by atoms with Gasteiger partial charge in [-0.2, -0.15) is 10.3 Å². The Hall–Kier alpha value is -3.73. The Morgan fingerprint density at radius 3 is 2.48 bits per heavy atom. The highest BCUT2D eigenvalue weighted by Gasteiger charge is 2.20. The van der Waals surface area contributed by atoms with E-state index in [0.29, 0.717) is 11.5 Å². The van der Waals surface area contributed by atoms with E-state index in [9.17, 15) is 0 Å². The number of H-pyrrole nitrogens is 1. The zero-order chi connectivity index (χ0) is 21.0. The summed E-state index contributed by atoms with van der Waals surface area (Å²) in [4.78, 5) is 4.31. The molecule has 3 aromatic carbocycles. The van der Waals surface area contributed by atoms with Gasteiger partial charge in [-0.25, -0.2) is 4.98 Å². The van der Waals surface area contributed by atoms with Gasteiger partial charge < -0.3 is 5.73 Å². The molecule has 154 valence electrons. The molecule has 31 heavy (non-hydrogen) atoms. The SMILES string of the molecule is Nc1cc(C(CCCCc2ccc3ccccc3c2)c2ccccc2)c2n[nH]nc2n1. The second kappa shape index (κ2) is 8.56. The number of fused-ring (bicyclic) bond motifs is 2. The van der Waals surface area contributed by atoms with Crippen molar-refractivity contribution in [2.45, 2.75) is 31.6 Å². The molecule has 1 atom stereocenters. The normalized spacial score (nSPS) is 12.4. The van der Waals surface area contributed by atoms with Gasteiger partial charge in [0.25, 0.3) is 0 Å². The Labute approximate surface area is 181 Å². The standard InChI is InChI=1S/C26H25N5/c27-24-17-23(25-26(28-24)30-31-29-25)22(20-10-2-1-3-11-20)13-7-4-8-18-14-15-19-9-5-6-12-21(19)16-18/h1-3,5-6,9-12,14-17,22H,4,7-8,13H2,(H3,27,28,29,30,31). The molecule has 0 saturated carbocycles. The summed E-state index contributed by atoms with van der Waals surface area (Å²) in [6.07, 6.45) is 4.32. The smallest absolute Gasteiger partial charge is 0.203 e. The quantitative estimate of drug-likeness (QED) is 0.343. The molecule has 0 spiro atoms. The van der Waals surface area contributed by atoms with Crippen molar-refractivity contribution >= 4 is 27.8 Å².